The zero-order chi connectivity index (χ0) is 13.9. The molecule has 2 aromatic carbocycles. The smallest absolute Gasteiger partial charge is 0.307 e. The number of rotatable bonds is 2. The maximum absolute atomic E-state index is 11.6. The standard InChI is InChI=1S/C18H20O2/c19-18(20)17-9-3-1-2-8-16(17)15-11-10-13-6-4-5-7-14(13)12-15/h4-7,10-12,16-17H,1-3,8-9H2,(H,19,20). The first kappa shape index (κ1) is 13.2. The highest BCUT2D eigenvalue weighted by atomic mass is 16.4. The van der Waals surface area contributed by atoms with Crippen LogP contribution in [0, 0.1) is 5.92 Å². The first-order chi connectivity index (χ1) is 9.75. The lowest BCUT2D eigenvalue weighted by Crippen LogP contribution is -2.21. The molecule has 1 aliphatic rings. The Bertz CT molecular complexity index is 618. The lowest BCUT2D eigenvalue weighted by molar-refractivity contribution is -0.142. The van der Waals surface area contributed by atoms with Gasteiger partial charge in [0.15, 0.2) is 0 Å². The van der Waals surface area contributed by atoms with Crippen molar-refractivity contribution in [2.75, 3.05) is 0 Å². The lowest BCUT2D eigenvalue weighted by Gasteiger charge is -2.22. The van der Waals surface area contributed by atoms with E-state index in [1.165, 1.54) is 16.3 Å². The van der Waals surface area contributed by atoms with Crippen molar-refractivity contribution in [1.82, 2.24) is 0 Å². The number of aliphatic carboxylic acids is 1. The van der Waals surface area contributed by atoms with Crippen LogP contribution in [0.25, 0.3) is 10.8 Å². The molecule has 0 bridgehead atoms. The van der Waals surface area contributed by atoms with Crippen molar-refractivity contribution < 1.29 is 9.90 Å². The topological polar surface area (TPSA) is 37.3 Å². The molecular weight excluding hydrogens is 248 g/mol. The molecule has 0 amide bonds. The van der Waals surface area contributed by atoms with Gasteiger partial charge in [0.05, 0.1) is 5.92 Å². The Balaban J connectivity index is 2.00. The Hall–Kier alpha value is -1.83. The third-order valence-corrected chi connectivity index (χ3v) is 4.53. The zero-order valence-corrected chi connectivity index (χ0v) is 11.6. The van der Waals surface area contributed by atoms with Crippen molar-refractivity contribution in [2.45, 2.75) is 38.0 Å². The van der Waals surface area contributed by atoms with Crippen LogP contribution >= 0.6 is 0 Å². The molecule has 0 heterocycles. The number of benzene rings is 2. The van der Waals surface area contributed by atoms with Gasteiger partial charge in [-0.25, -0.2) is 0 Å². The number of hydrogen-bond acceptors (Lipinski definition) is 1. The van der Waals surface area contributed by atoms with Crippen LogP contribution in [0.5, 0.6) is 0 Å². The molecule has 1 saturated carbocycles. The Morgan fingerprint density at radius 2 is 1.70 bits per heavy atom. The molecule has 0 saturated heterocycles. The third kappa shape index (κ3) is 2.55. The molecule has 0 aliphatic heterocycles. The van der Waals surface area contributed by atoms with Crippen LogP contribution in [0.4, 0.5) is 0 Å². The van der Waals surface area contributed by atoms with Crippen LogP contribution in [0.15, 0.2) is 42.5 Å². The molecule has 1 aliphatic carbocycles. The molecule has 0 aromatic heterocycles. The van der Waals surface area contributed by atoms with Crippen molar-refractivity contribution in [3.63, 3.8) is 0 Å². The molecule has 3 rings (SSSR count). The molecule has 2 heteroatoms. The summed E-state index contributed by atoms with van der Waals surface area (Å²) in [5.41, 5.74) is 1.19. The number of carboxylic acid groups (broad SMARTS) is 1. The van der Waals surface area contributed by atoms with Crippen LogP contribution in [0.3, 0.4) is 0 Å². The van der Waals surface area contributed by atoms with E-state index in [4.69, 9.17) is 0 Å². The summed E-state index contributed by atoms with van der Waals surface area (Å²) in [6, 6.07) is 14.7. The second kappa shape index (κ2) is 5.66. The van der Waals surface area contributed by atoms with Crippen LogP contribution in [0.2, 0.25) is 0 Å². The minimum Gasteiger partial charge on any atom is -0.481 e. The van der Waals surface area contributed by atoms with E-state index in [0.29, 0.717) is 0 Å². The summed E-state index contributed by atoms with van der Waals surface area (Å²) in [4.78, 5) is 11.6. The zero-order valence-electron chi connectivity index (χ0n) is 11.6. The van der Waals surface area contributed by atoms with Gasteiger partial charge in [-0.2, -0.15) is 0 Å². The van der Waals surface area contributed by atoms with Gasteiger partial charge in [-0.15, -0.1) is 0 Å². The van der Waals surface area contributed by atoms with Gasteiger partial charge in [0.1, 0.15) is 0 Å². The molecule has 1 N–H and O–H groups in total. The molecule has 0 spiro atoms. The molecule has 2 unspecified atom stereocenters. The minimum absolute atomic E-state index is 0.166. The Morgan fingerprint density at radius 1 is 0.950 bits per heavy atom. The Kier molecular flexibility index (Phi) is 3.72. The van der Waals surface area contributed by atoms with Crippen molar-refractivity contribution >= 4 is 16.7 Å². The number of carboxylic acids is 1. The van der Waals surface area contributed by atoms with Gasteiger partial charge in [-0.05, 0) is 35.1 Å². The van der Waals surface area contributed by atoms with Crippen molar-refractivity contribution in [3.8, 4) is 0 Å². The second-order valence-corrected chi connectivity index (χ2v) is 5.80. The fourth-order valence-electron chi connectivity index (χ4n) is 3.44. The number of fused-ring (bicyclic) bond motifs is 1. The third-order valence-electron chi connectivity index (χ3n) is 4.53. The average Bonchev–Trinajstić information content (AvgIpc) is 2.72. The minimum atomic E-state index is -0.634. The lowest BCUT2D eigenvalue weighted by atomic mass is 9.82. The second-order valence-electron chi connectivity index (χ2n) is 5.80. The van der Waals surface area contributed by atoms with Gasteiger partial charge >= 0.3 is 5.97 Å². The van der Waals surface area contributed by atoms with E-state index in [1.54, 1.807) is 0 Å². The first-order valence-electron chi connectivity index (χ1n) is 7.47. The highest BCUT2D eigenvalue weighted by molar-refractivity contribution is 5.83. The first-order valence-corrected chi connectivity index (χ1v) is 7.47. The van der Waals surface area contributed by atoms with E-state index in [-0.39, 0.29) is 11.8 Å². The predicted molar refractivity (Wildman–Crippen MR) is 80.9 cm³/mol. The Morgan fingerprint density at radius 3 is 2.50 bits per heavy atom. The molecular formula is C18H20O2. The predicted octanol–water partition coefficient (Wildman–Crippen LogP) is 4.59. The largest absolute Gasteiger partial charge is 0.481 e. The maximum atomic E-state index is 11.6. The highest BCUT2D eigenvalue weighted by Crippen LogP contribution is 2.37. The summed E-state index contributed by atoms with van der Waals surface area (Å²) in [6.07, 6.45) is 5.15. The fraction of sp³-hybridized carbons (Fsp3) is 0.389. The maximum Gasteiger partial charge on any atom is 0.307 e. The summed E-state index contributed by atoms with van der Waals surface area (Å²) in [5.74, 6) is -0.691. The van der Waals surface area contributed by atoms with Crippen molar-refractivity contribution in [1.29, 1.82) is 0 Å². The van der Waals surface area contributed by atoms with Crippen LogP contribution in [-0.4, -0.2) is 11.1 Å². The molecule has 20 heavy (non-hydrogen) atoms. The number of hydrogen-bond donors (Lipinski definition) is 1. The molecule has 2 aromatic rings. The van der Waals surface area contributed by atoms with Gasteiger partial charge in [0.25, 0.3) is 0 Å². The van der Waals surface area contributed by atoms with Gasteiger partial charge in [0, 0.05) is 0 Å². The summed E-state index contributed by atoms with van der Waals surface area (Å²) >= 11 is 0. The summed E-state index contributed by atoms with van der Waals surface area (Å²) in [7, 11) is 0. The average molecular weight is 268 g/mol. The quantitative estimate of drug-likeness (QED) is 0.809. The van der Waals surface area contributed by atoms with Crippen molar-refractivity contribution in [3.05, 3.63) is 48.0 Å². The molecule has 1 fully saturated rings. The summed E-state index contributed by atoms with van der Waals surface area (Å²) < 4.78 is 0. The SMILES string of the molecule is O=C(O)C1CCCCCC1c1ccc2ccccc2c1. The molecule has 104 valence electrons. The molecule has 2 atom stereocenters. The number of carbonyl (C=O) groups is 1. The highest BCUT2D eigenvalue weighted by Gasteiger charge is 2.30. The van der Waals surface area contributed by atoms with E-state index < -0.39 is 5.97 Å². The van der Waals surface area contributed by atoms with Crippen LogP contribution < -0.4 is 0 Å². The van der Waals surface area contributed by atoms with Gasteiger partial charge in [-0.3, -0.25) is 4.79 Å². The fourth-order valence-corrected chi connectivity index (χ4v) is 3.44. The van der Waals surface area contributed by atoms with Gasteiger partial charge < -0.3 is 5.11 Å². The van der Waals surface area contributed by atoms with E-state index in [0.717, 1.165) is 32.1 Å². The molecule has 0 radical (unpaired) electrons. The van der Waals surface area contributed by atoms with E-state index in [1.807, 2.05) is 12.1 Å². The Labute approximate surface area is 119 Å². The summed E-state index contributed by atoms with van der Waals surface area (Å²) in [5, 5.41) is 11.9. The van der Waals surface area contributed by atoms with Gasteiger partial charge in [0.2, 0.25) is 0 Å². The van der Waals surface area contributed by atoms with E-state index in [2.05, 4.69) is 30.3 Å². The van der Waals surface area contributed by atoms with Crippen LogP contribution in [0.1, 0.15) is 43.6 Å². The monoisotopic (exact) mass is 268 g/mol. The summed E-state index contributed by atoms with van der Waals surface area (Å²) in [6.45, 7) is 0. The van der Waals surface area contributed by atoms with Crippen molar-refractivity contribution in [2.24, 2.45) is 5.92 Å². The van der Waals surface area contributed by atoms with E-state index >= 15 is 0 Å². The normalized spacial score (nSPS) is 23.4. The van der Waals surface area contributed by atoms with E-state index in [9.17, 15) is 9.90 Å². The van der Waals surface area contributed by atoms with Crippen LogP contribution in [-0.2, 0) is 4.79 Å². The van der Waals surface area contributed by atoms with Gasteiger partial charge in [-0.1, -0.05) is 61.7 Å². The molecule has 2 nitrogen and oxygen atoms in total.